The molecular weight excluding hydrogens is 240 g/mol. The first kappa shape index (κ1) is 12.8. The highest BCUT2D eigenvalue weighted by molar-refractivity contribution is 7.26. The Labute approximate surface area is 110 Å². The molecule has 92 valence electrons. The van der Waals surface area contributed by atoms with E-state index in [-0.39, 0.29) is 5.41 Å². The third-order valence-electron chi connectivity index (χ3n) is 3.56. The van der Waals surface area contributed by atoms with Gasteiger partial charge in [0.25, 0.3) is 0 Å². The summed E-state index contributed by atoms with van der Waals surface area (Å²) >= 11 is 2.03. The zero-order chi connectivity index (χ0) is 12.7. The van der Waals surface area contributed by atoms with E-state index in [0.717, 1.165) is 0 Å². The fraction of sp³-hybridized carbons (Fsp3) is 0.467. The van der Waals surface area contributed by atoms with Crippen LogP contribution in [0.2, 0.25) is 19.6 Å². The van der Waals surface area contributed by atoms with Gasteiger partial charge in [-0.25, -0.2) is 0 Å². The summed E-state index contributed by atoms with van der Waals surface area (Å²) in [4.78, 5) is 1.52. The first-order valence-corrected chi connectivity index (χ1v) is 10.6. The lowest BCUT2D eigenvalue weighted by atomic mass is 9.78. The first-order chi connectivity index (χ1) is 7.82. The van der Waals surface area contributed by atoms with E-state index < -0.39 is 8.07 Å². The van der Waals surface area contributed by atoms with Crippen LogP contribution in [-0.4, -0.2) is 8.07 Å². The number of hydrogen-bond donors (Lipinski definition) is 0. The SMILES string of the molecule is CC(C)(c1ccc([Si](C)(C)C)s1)C1C=CC=C1. The summed E-state index contributed by atoms with van der Waals surface area (Å²) in [6, 6.07) is 4.70. The minimum atomic E-state index is -1.15. The molecule has 0 bridgehead atoms. The molecule has 0 saturated carbocycles. The summed E-state index contributed by atoms with van der Waals surface area (Å²) < 4.78 is 1.62. The van der Waals surface area contributed by atoms with Crippen molar-refractivity contribution in [1.29, 1.82) is 0 Å². The zero-order valence-corrected chi connectivity index (χ0v) is 13.3. The van der Waals surface area contributed by atoms with Gasteiger partial charge in [-0.1, -0.05) is 63.9 Å². The maximum absolute atomic E-state index is 2.42. The second-order valence-electron chi connectivity index (χ2n) is 6.43. The van der Waals surface area contributed by atoms with Crippen LogP contribution in [0.4, 0.5) is 0 Å². The molecule has 1 aliphatic rings. The van der Waals surface area contributed by atoms with E-state index in [4.69, 9.17) is 0 Å². The van der Waals surface area contributed by atoms with Crippen molar-refractivity contribution < 1.29 is 0 Å². The summed E-state index contributed by atoms with van der Waals surface area (Å²) in [6.07, 6.45) is 8.96. The van der Waals surface area contributed by atoms with E-state index >= 15 is 0 Å². The van der Waals surface area contributed by atoms with Crippen molar-refractivity contribution in [1.82, 2.24) is 0 Å². The fourth-order valence-corrected chi connectivity index (χ4v) is 5.21. The quantitative estimate of drug-likeness (QED) is 0.712. The molecule has 0 saturated heterocycles. The predicted molar refractivity (Wildman–Crippen MR) is 82.1 cm³/mol. The van der Waals surface area contributed by atoms with Crippen LogP contribution in [0, 0.1) is 5.92 Å². The lowest BCUT2D eigenvalue weighted by Gasteiger charge is -2.28. The molecule has 0 spiro atoms. The van der Waals surface area contributed by atoms with Gasteiger partial charge in [0.2, 0.25) is 0 Å². The van der Waals surface area contributed by atoms with Crippen LogP contribution in [0.3, 0.4) is 0 Å². The van der Waals surface area contributed by atoms with Gasteiger partial charge in [0.05, 0.1) is 8.07 Å². The molecule has 0 aromatic carbocycles. The molecule has 0 aliphatic heterocycles. The average Bonchev–Trinajstić information content (AvgIpc) is 2.89. The van der Waals surface area contributed by atoms with Crippen molar-refractivity contribution in [3.63, 3.8) is 0 Å². The van der Waals surface area contributed by atoms with Crippen LogP contribution in [0.5, 0.6) is 0 Å². The number of rotatable bonds is 3. The molecule has 1 aliphatic carbocycles. The zero-order valence-electron chi connectivity index (χ0n) is 11.4. The maximum Gasteiger partial charge on any atom is 0.0904 e. The molecule has 17 heavy (non-hydrogen) atoms. The summed E-state index contributed by atoms with van der Waals surface area (Å²) in [6.45, 7) is 12.0. The van der Waals surface area contributed by atoms with Gasteiger partial charge in [0.1, 0.15) is 0 Å². The van der Waals surface area contributed by atoms with Crippen molar-refractivity contribution in [2.45, 2.75) is 38.9 Å². The topological polar surface area (TPSA) is 0 Å². The molecule has 0 N–H and O–H groups in total. The number of thiophene rings is 1. The van der Waals surface area contributed by atoms with Crippen LogP contribution in [-0.2, 0) is 5.41 Å². The van der Waals surface area contributed by atoms with Gasteiger partial charge in [-0.3, -0.25) is 0 Å². The lowest BCUT2D eigenvalue weighted by Crippen LogP contribution is -2.35. The largest absolute Gasteiger partial charge is 0.149 e. The molecular formula is C15H22SSi. The van der Waals surface area contributed by atoms with E-state index in [1.807, 2.05) is 11.3 Å². The Kier molecular flexibility index (Phi) is 3.21. The molecule has 1 aromatic rings. The van der Waals surface area contributed by atoms with Gasteiger partial charge in [0, 0.05) is 16.2 Å². The summed E-state index contributed by atoms with van der Waals surface area (Å²) in [5.41, 5.74) is 0.228. The Hall–Kier alpha value is -0.603. The van der Waals surface area contributed by atoms with E-state index in [9.17, 15) is 0 Å². The highest BCUT2D eigenvalue weighted by Gasteiger charge is 2.31. The smallest absolute Gasteiger partial charge is 0.0904 e. The van der Waals surface area contributed by atoms with Gasteiger partial charge in [-0.2, -0.15) is 0 Å². The first-order valence-electron chi connectivity index (χ1n) is 6.27. The lowest BCUT2D eigenvalue weighted by molar-refractivity contribution is 0.457. The highest BCUT2D eigenvalue weighted by atomic mass is 32.1. The van der Waals surface area contributed by atoms with E-state index in [2.05, 4.69) is 69.9 Å². The Morgan fingerprint density at radius 2 is 1.65 bits per heavy atom. The van der Waals surface area contributed by atoms with Crippen molar-refractivity contribution in [2.24, 2.45) is 5.92 Å². The van der Waals surface area contributed by atoms with Gasteiger partial charge < -0.3 is 0 Å². The second kappa shape index (κ2) is 4.25. The van der Waals surface area contributed by atoms with Gasteiger partial charge in [-0.15, -0.1) is 11.3 Å². The molecule has 0 nitrogen and oxygen atoms in total. The fourth-order valence-electron chi connectivity index (χ4n) is 2.16. The molecule has 1 heterocycles. The van der Waals surface area contributed by atoms with Gasteiger partial charge in [0.15, 0.2) is 0 Å². The van der Waals surface area contributed by atoms with E-state index in [0.29, 0.717) is 5.92 Å². The Morgan fingerprint density at radius 1 is 1.06 bits per heavy atom. The molecule has 2 rings (SSSR count). The number of allylic oxidation sites excluding steroid dienone is 4. The van der Waals surface area contributed by atoms with Crippen LogP contribution in [0.1, 0.15) is 18.7 Å². The monoisotopic (exact) mass is 262 g/mol. The minimum absolute atomic E-state index is 0.228. The Morgan fingerprint density at radius 3 is 2.12 bits per heavy atom. The molecule has 1 aromatic heterocycles. The molecule has 2 heteroatoms. The minimum Gasteiger partial charge on any atom is -0.149 e. The highest BCUT2D eigenvalue weighted by Crippen LogP contribution is 2.37. The van der Waals surface area contributed by atoms with E-state index in [1.54, 1.807) is 4.50 Å². The number of hydrogen-bond acceptors (Lipinski definition) is 1. The van der Waals surface area contributed by atoms with Crippen molar-refractivity contribution >= 4 is 23.9 Å². The molecule has 0 atom stereocenters. The second-order valence-corrected chi connectivity index (χ2v) is 12.9. The molecule has 0 fully saturated rings. The summed E-state index contributed by atoms with van der Waals surface area (Å²) in [5, 5.41) is 0. The van der Waals surface area contributed by atoms with Crippen molar-refractivity contribution in [2.75, 3.05) is 0 Å². The summed E-state index contributed by atoms with van der Waals surface area (Å²) in [7, 11) is -1.15. The normalized spacial score (nSPS) is 17.0. The van der Waals surface area contributed by atoms with Crippen LogP contribution >= 0.6 is 11.3 Å². The molecule has 0 unspecified atom stereocenters. The predicted octanol–water partition coefficient (Wildman–Crippen LogP) is 4.31. The van der Waals surface area contributed by atoms with Gasteiger partial charge >= 0.3 is 0 Å². The Bertz CT molecular complexity index is 446. The third kappa shape index (κ3) is 2.48. The maximum atomic E-state index is 2.42. The van der Waals surface area contributed by atoms with Crippen molar-refractivity contribution in [3.05, 3.63) is 41.3 Å². The molecule has 0 amide bonds. The summed E-state index contributed by atoms with van der Waals surface area (Å²) in [5.74, 6) is 0.552. The van der Waals surface area contributed by atoms with E-state index in [1.165, 1.54) is 4.88 Å². The van der Waals surface area contributed by atoms with Crippen LogP contribution in [0.25, 0.3) is 0 Å². The standard InChI is InChI=1S/C15H22SSi/c1-15(2,12-8-6-7-9-12)13-10-11-14(16-13)17(3,4)5/h6-12H,1-5H3. The van der Waals surface area contributed by atoms with Crippen LogP contribution in [0.15, 0.2) is 36.4 Å². The Balaban J connectivity index is 2.31. The van der Waals surface area contributed by atoms with Gasteiger partial charge in [-0.05, 0) is 10.6 Å². The average molecular weight is 262 g/mol. The van der Waals surface area contributed by atoms with Crippen molar-refractivity contribution in [3.8, 4) is 0 Å². The molecule has 0 radical (unpaired) electrons. The van der Waals surface area contributed by atoms with Crippen LogP contribution < -0.4 is 4.50 Å². The third-order valence-corrected chi connectivity index (χ3v) is 8.59.